The van der Waals surface area contributed by atoms with Crippen molar-refractivity contribution >= 4 is 35.2 Å². The number of aromatic nitrogens is 2. The van der Waals surface area contributed by atoms with Gasteiger partial charge in [0.25, 0.3) is 0 Å². The number of nitrogens with one attached hydrogen (secondary N) is 3. The molecule has 0 aromatic carbocycles. The summed E-state index contributed by atoms with van der Waals surface area (Å²) in [4.78, 5) is 33.4. The van der Waals surface area contributed by atoms with Crippen LogP contribution in [0.3, 0.4) is 0 Å². The molecule has 1 aliphatic heterocycles. The predicted molar refractivity (Wildman–Crippen MR) is 117 cm³/mol. The minimum absolute atomic E-state index is 0.0237. The predicted octanol–water partition coefficient (Wildman–Crippen LogP) is 2.79. The number of ether oxygens (including phenoxy) is 1. The zero-order valence-electron chi connectivity index (χ0n) is 18.1. The molecular weight excluding hydrogens is 443 g/mol. The molecule has 1 saturated carbocycles. The first-order chi connectivity index (χ1) is 15.4. The minimum Gasteiger partial charge on any atom is -0.465 e. The van der Waals surface area contributed by atoms with Crippen LogP contribution in [0.25, 0.3) is 0 Å². The van der Waals surface area contributed by atoms with E-state index in [0.717, 1.165) is 38.5 Å². The Balaban J connectivity index is 1.69. The van der Waals surface area contributed by atoms with Crippen LogP contribution in [-0.4, -0.2) is 59.9 Å². The highest BCUT2D eigenvalue weighted by Gasteiger charge is 2.30. The first kappa shape index (κ1) is 24.2. The fourth-order valence-electron chi connectivity index (χ4n) is 4.53. The van der Waals surface area contributed by atoms with E-state index in [0.29, 0.717) is 25.5 Å². The molecule has 1 aromatic rings. The van der Waals surface area contributed by atoms with Crippen LogP contribution in [0.5, 0.6) is 0 Å². The number of halogens is 2. The number of nitrogens with zero attached hydrogens (tertiary/aromatic N) is 3. The third-order valence-corrected chi connectivity index (χ3v) is 6.25. The highest BCUT2D eigenvalue weighted by molar-refractivity contribution is 6.28. The molecule has 4 N–H and O–H groups in total. The van der Waals surface area contributed by atoms with Gasteiger partial charge in [-0.1, -0.05) is 25.7 Å². The van der Waals surface area contributed by atoms with Crippen LogP contribution in [0.4, 0.5) is 20.8 Å². The lowest BCUT2D eigenvalue weighted by Gasteiger charge is -2.26. The molecule has 1 aromatic heterocycles. The molecule has 2 amide bonds. The van der Waals surface area contributed by atoms with Gasteiger partial charge in [-0.2, -0.15) is 14.4 Å². The van der Waals surface area contributed by atoms with Crippen molar-refractivity contribution in [2.75, 3.05) is 37.1 Å². The van der Waals surface area contributed by atoms with Crippen molar-refractivity contribution < 1.29 is 23.8 Å². The normalized spacial score (nSPS) is 19.7. The molecular formula is C20H30ClFN6O4. The van der Waals surface area contributed by atoms with E-state index in [1.165, 1.54) is 0 Å². The average Bonchev–Trinajstić information content (AvgIpc) is 3.43. The number of anilines is 2. The second-order valence-electron chi connectivity index (χ2n) is 8.31. The molecule has 32 heavy (non-hydrogen) atoms. The molecule has 12 heteroatoms. The van der Waals surface area contributed by atoms with E-state index in [-0.39, 0.29) is 29.5 Å². The van der Waals surface area contributed by atoms with Gasteiger partial charge in [-0.05, 0) is 36.8 Å². The Morgan fingerprint density at radius 2 is 2.03 bits per heavy atom. The first-order valence-electron chi connectivity index (χ1n) is 10.9. The van der Waals surface area contributed by atoms with E-state index >= 15 is 4.39 Å². The number of carbonyl (C=O) groups is 2. The first-order valence-corrected chi connectivity index (χ1v) is 11.3. The van der Waals surface area contributed by atoms with Gasteiger partial charge in [0.15, 0.2) is 11.6 Å². The van der Waals surface area contributed by atoms with Gasteiger partial charge in [-0.25, -0.2) is 4.79 Å². The fourth-order valence-corrected chi connectivity index (χ4v) is 4.69. The second-order valence-corrected chi connectivity index (χ2v) is 8.65. The van der Waals surface area contributed by atoms with Crippen molar-refractivity contribution in [2.45, 2.75) is 51.0 Å². The molecule has 10 nitrogen and oxygen atoms in total. The molecule has 0 bridgehead atoms. The van der Waals surface area contributed by atoms with Crippen LogP contribution < -0.4 is 21.1 Å². The fraction of sp³-hybridized carbons (Fsp3) is 0.700. The van der Waals surface area contributed by atoms with Gasteiger partial charge in [0.1, 0.15) is 0 Å². The molecule has 2 atom stereocenters. The SMILES string of the molecule is COC[C@H]1CCCN1c1nc(Cl)nc(NNC(=O)[C@@H](CNC(=O)O)CC2CCCC2)c1F. The number of carbonyl (C=O) groups excluding carboxylic acids is 1. The van der Waals surface area contributed by atoms with E-state index in [1.807, 2.05) is 0 Å². The van der Waals surface area contributed by atoms with Crippen molar-refractivity contribution in [1.29, 1.82) is 0 Å². The Kier molecular flexibility index (Phi) is 8.68. The lowest BCUT2D eigenvalue weighted by Crippen LogP contribution is -2.42. The summed E-state index contributed by atoms with van der Waals surface area (Å²) in [5.41, 5.74) is 4.98. The summed E-state index contributed by atoms with van der Waals surface area (Å²) in [6.07, 6.45) is 5.32. The maximum atomic E-state index is 15.2. The van der Waals surface area contributed by atoms with Crippen molar-refractivity contribution in [3.63, 3.8) is 0 Å². The summed E-state index contributed by atoms with van der Waals surface area (Å²) >= 11 is 6.03. The summed E-state index contributed by atoms with van der Waals surface area (Å²) in [5, 5.41) is 11.0. The van der Waals surface area contributed by atoms with Crippen molar-refractivity contribution in [1.82, 2.24) is 20.7 Å². The number of methoxy groups -OCH3 is 1. The van der Waals surface area contributed by atoms with Crippen molar-refractivity contribution in [2.24, 2.45) is 11.8 Å². The number of rotatable bonds is 10. The molecule has 0 unspecified atom stereocenters. The Bertz CT molecular complexity index is 811. The molecule has 1 saturated heterocycles. The molecule has 0 spiro atoms. The molecule has 178 valence electrons. The summed E-state index contributed by atoms with van der Waals surface area (Å²) in [6, 6.07) is -0.0270. The monoisotopic (exact) mass is 472 g/mol. The van der Waals surface area contributed by atoms with E-state index in [2.05, 4.69) is 26.1 Å². The number of amides is 2. The van der Waals surface area contributed by atoms with Crippen LogP contribution in [0.2, 0.25) is 5.28 Å². The minimum atomic E-state index is -1.20. The zero-order valence-corrected chi connectivity index (χ0v) is 18.8. The van der Waals surface area contributed by atoms with Crippen LogP contribution >= 0.6 is 11.6 Å². The molecule has 3 rings (SSSR count). The maximum absolute atomic E-state index is 15.2. The smallest absolute Gasteiger partial charge is 0.404 e. The summed E-state index contributed by atoms with van der Waals surface area (Å²) in [5.74, 6) is -1.59. The van der Waals surface area contributed by atoms with Gasteiger partial charge in [-0.15, -0.1) is 0 Å². The summed E-state index contributed by atoms with van der Waals surface area (Å²) in [6.45, 7) is 1.01. The zero-order chi connectivity index (χ0) is 23.1. The number of carboxylic acid groups (broad SMARTS) is 1. The van der Waals surface area contributed by atoms with Gasteiger partial charge < -0.3 is 20.1 Å². The Morgan fingerprint density at radius 3 is 2.72 bits per heavy atom. The van der Waals surface area contributed by atoms with E-state index in [9.17, 15) is 9.59 Å². The Labute approximate surface area is 191 Å². The standard InChI is InChI=1S/C20H30ClFN6O4/c1-32-11-14-7-4-8-28(14)17-15(22)16(24-19(21)25-17)26-27-18(29)13(10-23-20(30)31)9-12-5-2-3-6-12/h12-14,23H,2-11H2,1H3,(H,27,29)(H,30,31)(H,24,25,26)/t13-,14-/m1/s1. The largest absolute Gasteiger partial charge is 0.465 e. The quantitative estimate of drug-likeness (QED) is 0.302. The molecule has 2 aliphatic rings. The van der Waals surface area contributed by atoms with Crippen LogP contribution in [0, 0.1) is 17.7 Å². The van der Waals surface area contributed by atoms with Crippen molar-refractivity contribution in [3.8, 4) is 0 Å². The average molecular weight is 473 g/mol. The topological polar surface area (TPSA) is 129 Å². The summed E-state index contributed by atoms with van der Waals surface area (Å²) in [7, 11) is 1.59. The number of hydrogen-bond acceptors (Lipinski definition) is 7. The van der Waals surface area contributed by atoms with Crippen LogP contribution in [-0.2, 0) is 9.53 Å². The van der Waals surface area contributed by atoms with E-state index in [4.69, 9.17) is 21.4 Å². The van der Waals surface area contributed by atoms with E-state index < -0.39 is 23.7 Å². The highest BCUT2D eigenvalue weighted by Crippen LogP contribution is 2.31. The van der Waals surface area contributed by atoms with Gasteiger partial charge >= 0.3 is 6.09 Å². The second kappa shape index (κ2) is 11.5. The lowest BCUT2D eigenvalue weighted by atomic mass is 9.92. The molecule has 2 heterocycles. The third-order valence-electron chi connectivity index (χ3n) is 6.08. The lowest BCUT2D eigenvalue weighted by molar-refractivity contribution is -0.124. The maximum Gasteiger partial charge on any atom is 0.404 e. The van der Waals surface area contributed by atoms with Gasteiger partial charge in [0, 0.05) is 20.2 Å². The third kappa shape index (κ3) is 6.32. The van der Waals surface area contributed by atoms with Gasteiger partial charge in [0.2, 0.25) is 17.0 Å². The Morgan fingerprint density at radius 1 is 1.28 bits per heavy atom. The number of hydrazine groups is 1. The molecule has 1 aliphatic carbocycles. The van der Waals surface area contributed by atoms with Crippen LogP contribution in [0.15, 0.2) is 0 Å². The Hall–Kier alpha value is -2.40. The van der Waals surface area contributed by atoms with Gasteiger partial charge in [-0.3, -0.25) is 15.6 Å². The van der Waals surface area contributed by atoms with Crippen molar-refractivity contribution in [3.05, 3.63) is 11.1 Å². The highest BCUT2D eigenvalue weighted by atomic mass is 35.5. The molecule has 0 radical (unpaired) electrons. The molecule has 2 fully saturated rings. The summed E-state index contributed by atoms with van der Waals surface area (Å²) < 4.78 is 20.4. The van der Waals surface area contributed by atoms with Crippen LogP contribution in [0.1, 0.15) is 44.9 Å². The van der Waals surface area contributed by atoms with E-state index in [1.54, 1.807) is 12.0 Å². The van der Waals surface area contributed by atoms with Gasteiger partial charge in [0.05, 0.1) is 18.6 Å². The number of hydrogen-bond donors (Lipinski definition) is 4.